The Balaban J connectivity index is 2.02. The minimum Gasteiger partial charge on any atom is -0.310 e. The summed E-state index contributed by atoms with van der Waals surface area (Å²) >= 11 is 6.13. The molecular formula is C17H26ClN. The molecule has 0 bridgehead atoms. The van der Waals surface area contributed by atoms with Gasteiger partial charge < -0.3 is 5.32 Å². The van der Waals surface area contributed by atoms with Crippen LogP contribution in [0.3, 0.4) is 0 Å². The monoisotopic (exact) mass is 279 g/mol. The van der Waals surface area contributed by atoms with Crippen LogP contribution in [0, 0.1) is 5.92 Å². The molecule has 1 nitrogen and oxygen atoms in total. The van der Waals surface area contributed by atoms with Crippen LogP contribution in [0.5, 0.6) is 0 Å². The summed E-state index contributed by atoms with van der Waals surface area (Å²) < 4.78 is 0. The Kier molecular flexibility index (Phi) is 6.19. The van der Waals surface area contributed by atoms with Crippen LogP contribution < -0.4 is 5.32 Å². The zero-order valence-corrected chi connectivity index (χ0v) is 12.8. The zero-order valence-electron chi connectivity index (χ0n) is 12.0. The van der Waals surface area contributed by atoms with Gasteiger partial charge >= 0.3 is 0 Å². The molecule has 2 heteroatoms. The molecule has 1 aromatic carbocycles. The Morgan fingerprint density at radius 2 is 1.95 bits per heavy atom. The van der Waals surface area contributed by atoms with Crippen molar-refractivity contribution in [1.82, 2.24) is 5.32 Å². The van der Waals surface area contributed by atoms with Crippen LogP contribution in [-0.2, 0) is 0 Å². The maximum Gasteiger partial charge on any atom is 0.0409 e. The third kappa shape index (κ3) is 4.81. The van der Waals surface area contributed by atoms with E-state index in [0.717, 1.165) is 17.5 Å². The fraction of sp³-hybridized carbons (Fsp3) is 0.647. The fourth-order valence-corrected chi connectivity index (χ4v) is 3.44. The highest BCUT2D eigenvalue weighted by Crippen LogP contribution is 2.31. The molecule has 1 unspecified atom stereocenters. The number of halogens is 1. The molecule has 0 amide bonds. The molecule has 2 rings (SSSR count). The minimum atomic E-state index is 0.465. The van der Waals surface area contributed by atoms with E-state index in [-0.39, 0.29) is 0 Å². The van der Waals surface area contributed by atoms with Crippen molar-refractivity contribution in [3.63, 3.8) is 0 Å². The first-order valence-corrected chi connectivity index (χ1v) is 8.16. The first kappa shape index (κ1) is 14.9. The van der Waals surface area contributed by atoms with E-state index in [0.29, 0.717) is 6.04 Å². The van der Waals surface area contributed by atoms with E-state index < -0.39 is 0 Å². The van der Waals surface area contributed by atoms with Gasteiger partial charge in [0.25, 0.3) is 0 Å². The van der Waals surface area contributed by atoms with Gasteiger partial charge in [-0.15, -0.1) is 0 Å². The number of hydrogen-bond acceptors (Lipinski definition) is 1. The second-order valence-electron chi connectivity index (χ2n) is 5.76. The average Bonchev–Trinajstić information content (AvgIpc) is 2.67. The molecule has 0 radical (unpaired) electrons. The summed E-state index contributed by atoms with van der Waals surface area (Å²) in [5.74, 6) is 0.880. The summed E-state index contributed by atoms with van der Waals surface area (Å²) in [6.07, 6.45) is 9.76. The molecule has 0 aliphatic heterocycles. The van der Waals surface area contributed by atoms with Crippen LogP contribution in [-0.4, -0.2) is 6.54 Å². The predicted molar refractivity (Wildman–Crippen MR) is 83.7 cm³/mol. The first-order chi connectivity index (χ1) is 9.29. The molecule has 1 saturated carbocycles. The lowest BCUT2D eigenvalue weighted by Gasteiger charge is -2.24. The second kappa shape index (κ2) is 7.91. The van der Waals surface area contributed by atoms with Gasteiger partial charge in [-0.1, -0.05) is 69.2 Å². The van der Waals surface area contributed by atoms with Gasteiger partial charge in [0, 0.05) is 11.1 Å². The lowest BCUT2D eigenvalue weighted by molar-refractivity contribution is 0.360. The maximum atomic E-state index is 6.13. The normalized spacial score (nSPS) is 19.1. The Bertz CT molecular complexity index is 369. The fourth-order valence-electron chi connectivity index (χ4n) is 3.24. The van der Waals surface area contributed by atoms with Crippen molar-refractivity contribution in [1.29, 1.82) is 0 Å². The summed E-state index contributed by atoms with van der Waals surface area (Å²) in [4.78, 5) is 0. The molecular weight excluding hydrogens is 254 g/mol. The molecule has 1 fully saturated rings. The molecule has 0 spiro atoms. The first-order valence-electron chi connectivity index (χ1n) is 7.78. The molecule has 1 aliphatic carbocycles. The van der Waals surface area contributed by atoms with E-state index >= 15 is 0 Å². The Labute approximate surface area is 122 Å². The number of hydrogen-bond donors (Lipinski definition) is 1. The van der Waals surface area contributed by atoms with E-state index in [1.807, 2.05) is 6.07 Å². The van der Waals surface area contributed by atoms with Crippen LogP contribution in [0.4, 0.5) is 0 Å². The van der Waals surface area contributed by atoms with Crippen molar-refractivity contribution in [2.45, 2.75) is 57.9 Å². The number of rotatable bonds is 5. The van der Waals surface area contributed by atoms with Crippen molar-refractivity contribution in [2.75, 3.05) is 6.54 Å². The van der Waals surface area contributed by atoms with Crippen molar-refractivity contribution < 1.29 is 0 Å². The van der Waals surface area contributed by atoms with Crippen molar-refractivity contribution in [3.05, 3.63) is 34.9 Å². The second-order valence-corrected chi connectivity index (χ2v) is 6.19. The number of benzene rings is 1. The highest BCUT2D eigenvalue weighted by Gasteiger charge is 2.19. The minimum absolute atomic E-state index is 0.465. The Morgan fingerprint density at radius 1 is 1.21 bits per heavy atom. The molecule has 0 aromatic heterocycles. The molecule has 1 aliphatic rings. The Hall–Kier alpha value is -0.530. The van der Waals surface area contributed by atoms with Crippen LogP contribution in [0.2, 0.25) is 5.02 Å². The highest BCUT2D eigenvalue weighted by molar-refractivity contribution is 6.30. The quantitative estimate of drug-likeness (QED) is 0.716. The average molecular weight is 280 g/mol. The molecule has 19 heavy (non-hydrogen) atoms. The summed E-state index contributed by atoms with van der Waals surface area (Å²) in [5, 5.41) is 4.48. The lowest BCUT2D eigenvalue weighted by atomic mass is 9.89. The Morgan fingerprint density at radius 3 is 2.58 bits per heavy atom. The SMILES string of the molecule is CCNC(CC1CCCCCC1)c1cccc(Cl)c1. The maximum absolute atomic E-state index is 6.13. The van der Waals surface area contributed by atoms with Crippen molar-refractivity contribution in [3.8, 4) is 0 Å². The third-order valence-electron chi connectivity index (χ3n) is 4.25. The van der Waals surface area contributed by atoms with Crippen LogP contribution in [0.25, 0.3) is 0 Å². The van der Waals surface area contributed by atoms with Gasteiger partial charge in [-0.2, -0.15) is 0 Å². The topological polar surface area (TPSA) is 12.0 Å². The van der Waals surface area contributed by atoms with Crippen molar-refractivity contribution >= 4 is 11.6 Å². The smallest absolute Gasteiger partial charge is 0.0409 e. The molecule has 1 aromatic rings. The largest absolute Gasteiger partial charge is 0.310 e. The standard InChI is InChI=1S/C17H26ClN/c1-2-19-17(15-10-7-11-16(18)13-15)12-14-8-5-3-4-6-9-14/h7,10-11,13-14,17,19H,2-6,8-9,12H2,1H3. The van der Waals surface area contributed by atoms with E-state index in [1.165, 1.54) is 50.5 Å². The predicted octanol–water partition coefficient (Wildman–Crippen LogP) is 5.35. The van der Waals surface area contributed by atoms with Gasteiger partial charge in [-0.3, -0.25) is 0 Å². The summed E-state index contributed by atoms with van der Waals surface area (Å²) in [6, 6.07) is 8.81. The van der Waals surface area contributed by atoms with Gasteiger partial charge in [-0.05, 0) is 36.6 Å². The van der Waals surface area contributed by atoms with Crippen LogP contribution in [0.1, 0.15) is 63.5 Å². The van der Waals surface area contributed by atoms with Crippen molar-refractivity contribution in [2.24, 2.45) is 5.92 Å². The number of nitrogens with one attached hydrogen (secondary N) is 1. The molecule has 106 valence electrons. The summed E-state index contributed by atoms with van der Waals surface area (Å²) in [6.45, 7) is 3.20. The van der Waals surface area contributed by atoms with Gasteiger partial charge in [-0.25, -0.2) is 0 Å². The summed E-state index contributed by atoms with van der Waals surface area (Å²) in [7, 11) is 0. The summed E-state index contributed by atoms with van der Waals surface area (Å²) in [5.41, 5.74) is 1.35. The van der Waals surface area contributed by atoms with Crippen LogP contribution >= 0.6 is 11.6 Å². The molecule has 1 N–H and O–H groups in total. The third-order valence-corrected chi connectivity index (χ3v) is 4.48. The van der Waals surface area contributed by atoms with Gasteiger partial charge in [0.1, 0.15) is 0 Å². The van der Waals surface area contributed by atoms with Gasteiger partial charge in [0.15, 0.2) is 0 Å². The van der Waals surface area contributed by atoms with Gasteiger partial charge in [0.2, 0.25) is 0 Å². The van der Waals surface area contributed by atoms with E-state index in [4.69, 9.17) is 11.6 Å². The lowest BCUT2D eigenvalue weighted by Crippen LogP contribution is -2.23. The molecule has 0 saturated heterocycles. The van der Waals surface area contributed by atoms with E-state index in [2.05, 4.69) is 30.4 Å². The highest BCUT2D eigenvalue weighted by atomic mass is 35.5. The van der Waals surface area contributed by atoms with Crippen LogP contribution in [0.15, 0.2) is 24.3 Å². The van der Waals surface area contributed by atoms with E-state index in [1.54, 1.807) is 0 Å². The zero-order chi connectivity index (χ0) is 13.5. The van der Waals surface area contributed by atoms with E-state index in [9.17, 15) is 0 Å². The van der Waals surface area contributed by atoms with Gasteiger partial charge in [0.05, 0.1) is 0 Å². The molecule has 1 atom stereocenters. The molecule has 0 heterocycles.